The molecule has 3 rings (SSSR count). The van der Waals surface area contributed by atoms with E-state index in [2.05, 4.69) is 5.32 Å². The molecule has 2 aliphatic rings. The van der Waals surface area contributed by atoms with Gasteiger partial charge in [-0.2, -0.15) is 0 Å². The SMILES string of the molecule is COC1=C2C[C@@H](C)C[C@H](OC)[C@H](ON)[C@@H](C)/C=C(\C)[C@H](OC(N)=O)[C@@H](O)/C=C\C=C(/C)C(=O)NC(=C(c3ccc(OC)cc3)C1=O)C2=O. The van der Waals surface area contributed by atoms with Gasteiger partial charge in [-0.1, -0.05) is 50.3 Å². The van der Waals surface area contributed by atoms with Crippen molar-refractivity contribution in [1.82, 2.24) is 5.32 Å². The monoisotopic (exact) mass is 667 g/mol. The molecule has 0 aromatic heterocycles. The first kappa shape index (κ1) is 37.9. The molecule has 1 aromatic rings. The molecule has 1 aliphatic heterocycles. The van der Waals surface area contributed by atoms with Crippen LogP contribution < -0.4 is 21.7 Å². The Bertz CT molecular complexity index is 1540. The van der Waals surface area contributed by atoms with Crippen molar-refractivity contribution in [3.8, 4) is 5.75 Å². The first-order valence-electron chi connectivity index (χ1n) is 15.4. The van der Waals surface area contributed by atoms with E-state index >= 15 is 0 Å². The van der Waals surface area contributed by atoms with Crippen molar-refractivity contribution in [1.29, 1.82) is 0 Å². The quantitative estimate of drug-likeness (QED) is 0.197. The smallest absolute Gasteiger partial charge is 0.405 e. The topological polar surface area (TPSA) is 199 Å². The normalized spacial score (nSPS) is 29.3. The number of nitrogens with two attached hydrogens (primary N) is 2. The second-order valence-electron chi connectivity index (χ2n) is 11.9. The van der Waals surface area contributed by atoms with E-state index in [9.17, 15) is 24.3 Å². The summed E-state index contributed by atoms with van der Waals surface area (Å²) < 4.78 is 21.8. The molecule has 13 heteroatoms. The molecule has 1 aliphatic carbocycles. The fourth-order valence-corrected chi connectivity index (χ4v) is 5.89. The number of allylic oxidation sites excluding steroid dienone is 4. The predicted molar refractivity (Wildman–Crippen MR) is 177 cm³/mol. The van der Waals surface area contributed by atoms with E-state index in [-0.39, 0.29) is 40.5 Å². The third-order valence-corrected chi connectivity index (χ3v) is 8.35. The van der Waals surface area contributed by atoms with E-state index in [0.717, 1.165) is 0 Å². The van der Waals surface area contributed by atoms with Crippen LogP contribution in [0.25, 0.3) is 5.57 Å². The molecule has 13 nitrogen and oxygen atoms in total. The Labute approximate surface area is 280 Å². The number of aliphatic hydroxyl groups excluding tert-OH is 1. The van der Waals surface area contributed by atoms with Crippen LogP contribution in [0.2, 0.25) is 0 Å². The fraction of sp³-hybridized carbons (Fsp3) is 0.429. The molecule has 1 aromatic carbocycles. The van der Waals surface area contributed by atoms with Gasteiger partial charge in [-0.3, -0.25) is 19.2 Å². The summed E-state index contributed by atoms with van der Waals surface area (Å²) >= 11 is 0. The molecule has 0 fully saturated rings. The van der Waals surface area contributed by atoms with Gasteiger partial charge in [0.15, 0.2) is 11.9 Å². The molecule has 6 N–H and O–H groups in total. The molecule has 260 valence electrons. The van der Waals surface area contributed by atoms with Gasteiger partial charge in [-0.15, -0.1) is 0 Å². The van der Waals surface area contributed by atoms with Crippen molar-refractivity contribution < 1.29 is 48.1 Å². The van der Waals surface area contributed by atoms with Crippen molar-refractivity contribution >= 4 is 29.1 Å². The van der Waals surface area contributed by atoms with Crippen LogP contribution in [0.4, 0.5) is 4.79 Å². The zero-order valence-electron chi connectivity index (χ0n) is 28.3. The zero-order valence-corrected chi connectivity index (χ0v) is 28.3. The van der Waals surface area contributed by atoms with Crippen LogP contribution >= 0.6 is 0 Å². The third kappa shape index (κ3) is 8.86. The van der Waals surface area contributed by atoms with Gasteiger partial charge >= 0.3 is 6.09 Å². The molecule has 0 saturated heterocycles. The van der Waals surface area contributed by atoms with Gasteiger partial charge in [0.25, 0.3) is 5.91 Å². The van der Waals surface area contributed by atoms with Crippen molar-refractivity contribution in [3.05, 3.63) is 82.3 Å². The maximum Gasteiger partial charge on any atom is 0.405 e. The molecule has 2 bridgehead atoms. The number of hydrogen-bond donors (Lipinski definition) is 4. The molecule has 2 amide bonds. The van der Waals surface area contributed by atoms with Crippen LogP contribution in [0.5, 0.6) is 5.75 Å². The van der Waals surface area contributed by atoms with Gasteiger partial charge in [-0.05, 0) is 55.9 Å². The minimum Gasteiger partial charge on any atom is -0.497 e. The average Bonchev–Trinajstić information content (AvgIpc) is 3.05. The largest absolute Gasteiger partial charge is 0.497 e. The van der Waals surface area contributed by atoms with Gasteiger partial charge in [0.1, 0.15) is 23.7 Å². The Morgan fingerprint density at radius 2 is 1.67 bits per heavy atom. The van der Waals surface area contributed by atoms with Crippen molar-refractivity contribution in [2.24, 2.45) is 23.5 Å². The number of amides is 2. The lowest BCUT2D eigenvalue weighted by Gasteiger charge is -2.31. The summed E-state index contributed by atoms with van der Waals surface area (Å²) in [6, 6.07) is 6.49. The minimum absolute atomic E-state index is 0.0397. The Morgan fingerprint density at radius 3 is 2.23 bits per heavy atom. The number of ketones is 2. The highest BCUT2D eigenvalue weighted by molar-refractivity contribution is 6.39. The number of benzene rings is 1. The number of nitrogens with one attached hydrogen (secondary N) is 1. The number of carbonyl (C=O) groups is 4. The van der Waals surface area contributed by atoms with Crippen molar-refractivity contribution in [2.45, 2.75) is 65.0 Å². The standard InChI is InChI=1S/C35H45N3O10/c1-18-15-24-29(40)28(27(30(41)33(24)46-7)22-11-13-23(44-5)14-12-22)38-34(42)19(2)9-8-10-25(39)31(47-35(36)43)20(3)17-21(4)32(48-37)26(16-18)45-6/h8-14,17-18,21,25-26,31-32,39H,15-16,37H2,1-7H3,(H2,36,43)(H,38,42)/b10-8-,19-9+,20-17+/t18-,21+,25+,26+,31+,32-/m1/s1. The van der Waals surface area contributed by atoms with Crippen LogP contribution in [0, 0.1) is 11.8 Å². The first-order chi connectivity index (χ1) is 22.8. The number of Topliss-reactive ketones (excluding diaryl/α,β-unsaturated/α-hetero) is 2. The van der Waals surface area contributed by atoms with Gasteiger partial charge in [-0.25, -0.2) is 10.7 Å². The second-order valence-corrected chi connectivity index (χ2v) is 11.9. The maximum atomic E-state index is 14.2. The Hall–Kier alpha value is -4.56. The van der Waals surface area contributed by atoms with Crippen LogP contribution in [-0.2, 0) is 33.4 Å². The van der Waals surface area contributed by atoms with E-state index in [0.29, 0.717) is 23.3 Å². The summed E-state index contributed by atoms with van der Waals surface area (Å²) in [5.41, 5.74) is 6.14. The lowest BCUT2D eigenvalue weighted by molar-refractivity contribution is -0.120. The van der Waals surface area contributed by atoms with Gasteiger partial charge in [0, 0.05) is 24.2 Å². The summed E-state index contributed by atoms with van der Waals surface area (Å²) in [5.74, 6) is 3.64. The summed E-state index contributed by atoms with van der Waals surface area (Å²) in [7, 11) is 4.32. The molecule has 0 spiro atoms. The number of ether oxygens (including phenoxy) is 4. The molecule has 0 radical (unpaired) electrons. The molecular weight excluding hydrogens is 622 g/mol. The zero-order chi connectivity index (χ0) is 35.7. The van der Waals surface area contributed by atoms with Gasteiger partial charge in [0.2, 0.25) is 11.6 Å². The fourth-order valence-electron chi connectivity index (χ4n) is 5.89. The number of primary amides is 1. The number of carbonyl (C=O) groups excluding carboxylic acids is 4. The molecule has 0 unspecified atom stereocenters. The third-order valence-electron chi connectivity index (χ3n) is 8.35. The maximum absolute atomic E-state index is 14.2. The minimum atomic E-state index is -1.35. The average molecular weight is 668 g/mol. The van der Waals surface area contributed by atoms with Crippen molar-refractivity contribution in [2.75, 3.05) is 21.3 Å². The first-order valence-corrected chi connectivity index (χ1v) is 15.4. The predicted octanol–water partition coefficient (Wildman–Crippen LogP) is 3.19. The van der Waals surface area contributed by atoms with Gasteiger partial charge < -0.3 is 35.1 Å². The number of methoxy groups -OCH3 is 3. The van der Waals surface area contributed by atoms with E-state index in [1.807, 2.05) is 13.8 Å². The van der Waals surface area contributed by atoms with E-state index in [1.165, 1.54) is 46.5 Å². The van der Waals surface area contributed by atoms with E-state index in [4.69, 9.17) is 35.4 Å². The van der Waals surface area contributed by atoms with Crippen LogP contribution in [0.15, 0.2) is 76.7 Å². The van der Waals surface area contributed by atoms with Crippen LogP contribution in [-0.4, -0.2) is 74.4 Å². The highest BCUT2D eigenvalue weighted by Crippen LogP contribution is 2.35. The highest BCUT2D eigenvalue weighted by Gasteiger charge is 2.39. The summed E-state index contributed by atoms with van der Waals surface area (Å²) in [6.07, 6.45) is 1.37. The van der Waals surface area contributed by atoms with Crippen LogP contribution in [0.3, 0.4) is 0 Å². The lowest BCUT2D eigenvalue weighted by atomic mass is 9.82. The lowest BCUT2D eigenvalue weighted by Crippen LogP contribution is -2.40. The van der Waals surface area contributed by atoms with E-state index < -0.39 is 53.9 Å². The van der Waals surface area contributed by atoms with Crippen LogP contribution in [0.1, 0.15) is 46.1 Å². The summed E-state index contributed by atoms with van der Waals surface area (Å²) in [4.78, 5) is 58.8. The summed E-state index contributed by atoms with van der Waals surface area (Å²) in [5, 5.41) is 13.6. The van der Waals surface area contributed by atoms with Gasteiger partial charge in [0.05, 0.1) is 25.9 Å². The molecule has 48 heavy (non-hydrogen) atoms. The number of aliphatic hydroxyl groups is 1. The van der Waals surface area contributed by atoms with Crippen molar-refractivity contribution in [3.63, 3.8) is 0 Å². The molecule has 1 heterocycles. The molecular formula is C35H45N3O10. The molecule has 6 atom stereocenters. The number of hydrogen-bond acceptors (Lipinski definition) is 11. The number of fused-ring (bicyclic) bond motifs is 2. The Balaban J connectivity index is 2.21. The summed E-state index contributed by atoms with van der Waals surface area (Å²) in [6.45, 7) is 6.85. The Kier molecular flexibility index (Phi) is 13.4. The molecule has 0 saturated carbocycles. The Morgan fingerprint density at radius 1 is 1.00 bits per heavy atom. The highest BCUT2D eigenvalue weighted by atomic mass is 16.6. The number of rotatable bonds is 6. The second kappa shape index (κ2) is 17.0. The van der Waals surface area contributed by atoms with E-state index in [1.54, 1.807) is 37.3 Å².